The summed E-state index contributed by atoms with van der Waals surface area (Å²) in [6, 6.07) is 4.85. The lowest BCUT2D eigenvalue weighted by molar-refractivity contribution is 0.0470. The van der Waals surface area contributed by atoms with Crippen molar-refractivity contribution in [2.24, 2.45) is 5.73 Å². The first kappa shape index (κ1) is 13.1. The summed E-state index contributed by atoms with van der Waals surface area (Å²) in [4.78, 5) is 0. The first-order valence-electron chi connectivity index (χ1n) is 5.75. The van der Waals surface area contributed by atoms with Crippen molar-refractivity contribution >= 4 is 0 Å². The van der Waals surface area contributed by atoms with Crippen molar-refractivity contribution < 1.29 is 9.13 Å². The topological polar surface area (TPSA) is 35.2 Å². The average Bonchev–Trinajstić information content (AvgIpc) is 2.26. The third-order valence-electron chi connectivity index (χ3n) is 2.48. The van der Waals surface area contributed by atoms with E-state index in [9.17, 15) is 4.39 Å². The van der Waals surface area contributed by atoms with E-state index in [0.29, 0.717) is 13.2 Å². The molecular formula is C13H20FNO. The molecule has 1 atom stereocenters. The molecule has 1 aromatic rings. The molecule has 1 aromatic carbocycles. The Morgan fingerprint density at radius 3 is 2.62 bits per heavy atom. The van der Waals surface area contributed by atoms with Gasteiger partial charge in [0.1, 0.15) is 5.82 Å². The quantitative estimate of drug-likeness (QED) is 0.807. The van der Waals surface area contributed by atoms with Crippen LogP contribution in [-0.2, 0) is 17.9 Å². The van der Waals surface area contributed by atoms with Crippen molar-refractivity contribution in [3.63, 3.8) is 0 Å². The fourth-order valence-electron chi connectivity index (χ4n) is 1.65. The molecule has 2 nitrogen and oxygen atoms in total. The minimum atomic E-state index is -0.246. The Kier molecular flexibility index (Phi) is 5.43. The van der Waals surface area contributed by atoms with Crippen molar-refractivity contribution in [2.75, 3.05) is 0 Å². The smallest absolute Gasteiger partial charge is 0.123 e. The van der Waals surface area contributed by atoms with Crippen LogP contribution in [0.4, 0.5) is 4.39 Å². The van der Waals surface area contributed by atoms with Gasteiger partial charge in [-0.15, -0.1) is 0 Å². The van der Waals surface area contributed by atoms with Gasteiger partial charge in [-0.25, -0.2) is 4.39 Å². The van der Waals surface area contributed by atoms with Gasteiger partial charge in [-0.1, -0.05) is 19.4 Å². The summed E-state index contributed by atoms with van der Waals surface area (Å²) in [6.07, 6.45) is 2.34. The number of ether oxygens (including phenoxy) is 1. The zero-order chi connectivity index (χ0) is 12.0. The van der Waals surface area contributed by atoms with Crippen molar-refractivity contribution in [3.05, 3.63) is 35.1 Å². The predicted molar refractivity (Wildman–Crippen MR) is 63.5 cm³/mol. The molecule has 0 spiro atoms. The molecule has 0 aliphatic rings. The molecule has 3 heteroatoms. The number of halogens is 1. The van der Waals surface area contributed by atoms with E-state index in [1.165, 1.54) is 12.1 Å². The van der Waals surface area contributed by atoms with Crippen LogP contribution in [0.15, 0.2) is 18.2 Å². The summed E-state index contributed by atoms with van der Waals surface area (Å²) in [6.45, 7) is 4.96. The molecule has 0 aromatic heterocycles. The summed E-state index contributed by atoms with van der Waals surface area (Å²) in [5, 5.41) is 0. The fraction of sp³-hybridized carbons (Fsp3) is 0.538. The minimum Gasteiger partial charge on any atom is -0.374 e. The third-order valence-corrected chi connectivity index (χ3v) is 2.48. The Morgan fingerprint density at radius 2 is 2.00 bits per heavy atom. The fourth-order valence-corrected chi connectivity index (χ4v) is 1.65. The van der Waals surface area contributed by atoms with E-state index in [-0.39, 0.29) is 11.9 Å². The van der Waals surface area contributed by atoms with E-state index in [0.717, 1.165) is 24.0 Å². The number of hydrogen-bond donors (Lipinski definition) is 1. The number of hydrogen-bond acceptors (Lipinski definition) is 2. The van der Waals surface area contributed by atoms with Crippen LogP contribution in [-0.4, -0.2) is 6.10 Å². The van der Waals surface area contributed by atoms with Crippen molar-refractivity contribution in [2.45, 2.75) is 45.9 Å². The molecule has 0 aliphatic carbocycles. The molecule has 0 amide bonds. The zero-order valence-electron chi connectivity index (χ0n) is 10.0. The second kappa shape index (κ2) is 6.61. The molecule has 0 aliphatic heterocycles. The number of benzene rings is 1. The molecule has 0 fully saturated rings. The lowest BCUT2D eigenvalue weighted by Crippen LogP contribution is -2.08. The van der Waals surface area contributed by atoms with Gasteiger partial charge in [0.25, 0.3) is 0 Å². The summed E-state index contributed by atoms with van der Waals surface area (Å²) in [5.41, 5.74) is 7.14. The van der Waals surface area contributed by atoms with Crippen molar-refractivity contribution in [1.29, 1.82) is 0 Å². The molecule has 1 rings (SSSR count). The Labute approximate surface area is 96.6 Å². The van der Waals surface area contributed by atoms with Gasteiger partial charge in [0.05, 0.1) is 12.7 Å². The predicted octanol–water partition coefficient (Wildman–Crippen LogP) is 2.99. The van der Waals surface area contributed by atoms with E-state index in [1.54, 1.807) is 0 Å². The van der Waals surface area contributed by atoms with Gasteiger partial charge < -0.3 is 10.5 Å². The van der Waals surface area contributed by atoms with Crippen LogP contribution in [0.3, 0.4) is 0 Å². The Hall–Kier alpha value is -0.930. The van der Waals surface area contributed by atoms with E-state index >= 15 is 0 Å². The van der Waals surface area contributed by atoms with Gasteiger partial charge in [0, 0.05) is 6.54 Å². The molecule has 90 valence electrons. The molecule has 2 N–H and O–H groups in total. The largest absolute Gasteiger partial charge is 0.374 e. The van der Waals surface area contributed by atoms with Crippen LogP contribution in [0.1, 0.15) is 37.8 Å². The lowest BCUT2D eigenvalue weighted by Gasteiger charge is -2.12. The van der Waals surface area contributed by atoms with E-state index in [4.69, 9.17) is 10.5 Å². The van der Waals surface area contributed by atoms with Crippen LogP contribution < -0.4 is 5.73 Å². The highest BCUT2D eigenvalue weighted by Gasteiger charge is 2.03. The van der Waals surface area contributed by atoms with Crippen molar-refractivity contribution in [3.8, 4) is 0 Å². The Bertz CT molecular complexity index is 328. The second-order valence-corrected chi connectivity index (χ2v) is 4.08. The lowest BCUT2D eigenvalue weighted by atomic mass is 10.1. The van der Waals surface area contributed by atoms with Crippen LogP contribution >= 0.6 is 0 Å². The third kappa shape index (κ3) is 4.29. The van der Waals surface area contributed by atoms with E-state index in [1.807, 2.05) is 13.0 Å². The molecule has 0 saturated heterocycles. The van der Waals surface area contributed by atoms with Gasteiger partial charge >= 0.3 is 0 Å². The molecule has 0 bridgehead atoms. The molecule has 0 heterocycles. The normalized spacial score (nSPS) is 12.8. The molecule has 0 radical (unpaired) electrons. The number of nitrogens with two attached hydrogens (primary N) is 1. The van der Waals surface area contributed by atoms with Crippen LogP contribution in [0.2, 0.25) is 0 Å². The van der Waals surface area contributed by atoms with Crippen LogP contribution in [0.25, 0.3) is 0 Å². The Balaban J connectivity index is 2.56. The van der Waals surface area contributed by atoms with E-state index in [2.05, 4.69) is 6.92 Å². The van der Waals surface area contributed by atoms with Gasteiger partial charge in [-0.3, -0.25) is 0 Å². The van der Waals surface area contributed by atoms with Crippen LogP contribution in [0.5, 0.6) is 0 Å². The minimum absolute atomic E-state index is 0.217. The first-order chi connectivity index (χ1) is 7.65. The standard InChI is InChI=1S/C13H20FNO/c1-3-4-10(2)16-9-12-5-11(8-15)6-13(14)7-12/h5-7,10H,3-4,8-9,15H2,1-2H3. The molecule has 1 unspecified atom stereocenters. The summed E-state index contributed by atoms with van der Waals surface area (Å²) >= 11 is 0. The molecule has 0 saturated carbocycles. The Morgan fingerprint density at radius 1 is 1.31 bits per heavy atom. The first-order valence-corrected chi connectivity index (χ1v) is 5.75. The molecular weight excluding hydrogens is 205 g/mol. The number of rotatable bonds is 6. The highest BCUT2D eigenvalue weighted by Crippen LogP contribution is 2.12. The maximum absolute atomic E-state index is 13.2. The molecule has 16 heavy (non-hydrogen) atoms. The van der Waals surface area contributed by atoms with Gasteiger partial charge in [-0.05, 0) is 36.6 Å². The van der Waals surface area contributed by atoms with Gasteiger partial charge in [0.15, 0.2) is 0 Å². The summed E-state index contributed by atoms with van der Waals surface area (Å²) in [7, 11) is 0. The second-order valence-electron chi connectivity index (χ2n) is 4.08. The monoisotopic (exact) mass is 225 g/mol. The summed E-state index contributed by atoms with van der Waals surface area (Å²) < 4.78 is 18.8. The van der Waals surface area contributed by atoms with E-state index < -0.39 is 0 Å². The van der Waals surface area contributed by atoms with Gasteiger partial charge in [0.2, 0.25) is 0 Å². The highest BCUT2D eigenvalue weighted by atomic mass is 19.1. The highest BCUT2D eigenvalue weighted by molar-refractivity contribution is 5.24. The maximum atomic E-state index is 13.2. The maximum Gasteiger partial charge on any atom is 0.123 e. The zero-order valence-corrected chi connectivity index (χ0v) is 10.0. The average molecular weight is 225 g/mol. The van der Waals surface area contributed by atoms with Crippen LogP contribution in [0, 0.1) is 5.82 Å². The SMILES string of the molecule is CCCC(C)OCc1cc(F)cc(CN)c1. The van der Waals surface area contributed by atoms with Crippen molar-refractivity contribution in [1.82, 2.24) is 0 Å². The summed E-state index contributed by atoms with van der Waals surface area (Å²) in [5.74, 6) is -0.246. The van der Waals surface area contributed by atoms with Gasteiger partial charge in [-0.2, -0.15) is 0 Å².